The Balaban J connectivity index is 1.83. The maximum absolute atomic E-state index is 11.9. The van der Waals surface area contributed by atoms with Crippen LogP contribution in [0.2, 0.25) is 0 Å². The molecule has 116 valence electrons. The Hall–Kier alpha value is -2.22. The number of carbonyl (C=O) groups excluding carboxylic acids is 2. The van der Waals surface area contributed by atoms with Crippen LogP contribution >= 0.6 is 11.8 Å². The number of aromatic nitrogens is 1. The van der Waals surface area contributed by atoms with Gasteiger partial charge in [-0.1, -0.05) is 17.8 Å². The highest BCUT2D eigenvalue weighted by molar-refractivity contribution is 8.15. The van der Waals surface area contributed by atoms with Gasteiger partial charge < -0.3 is 10.6 Å². The van der Waals surface area contributed by atoms with Crippen molar-refractivity contribution in [2.24, 2.45) is 10.2 Å². The fraction of sp³-hybridized carbons (Fsp3) is 0.357. The second-order valence-corrected chi connectivity index (χ2v) is 6.08. The van der Waals surface area contributed by atoms with Crippen LogP contribution in [0.5, 0.6) is 0 Å². The molecule has 0 aromatic carbocycles. The van der Waals surface area contributed by atoms with E-state index in [4.69, 9.17) is 0 Å². The summed E-state index contributed by atoms with van der Waals surface area (Å²) in [5.74, 6) is -0.405. The van der Waals surface area contributed by atoms with Gasteiger partial charge in [-0.2, -0.15) is 5.10 Å². The first-order valence-electron chi connectivity index (χ1n) is 6.76. The molecule has 0 saturated carbocycles. The molecular weight excluding hydrogens is 302 g/mol. The number of rotatable bonds is 5. The zero-order chi connectivity index (χ0) is 15.9. The lowest BCUT2D eigenvalue weighted by atomic mass is 10.2. The minimum Gasteiger partial charge on any atom is -0.352 e. The van der Waals surface area contributed by atoms with Crippen molar-refractivity contribution in [2.75, 3.05) is 0 Å². The number of carbonyl (C=O) groups is 2. The van der Waals surface area contributed by atoms with Crippen LogP contribution in [-0.4, -0.2) is 32.9 Å². The van der Waals surface area contributed by atoms with E-state index < -0.39 is 5.25 Å². The quantitative estimate of drug-likeness (QED) is 0.627. The third-order valence-electron chi connectivity index (χ3n) is 2.70. The Morgan fingerprint density at radius 3 is 3.00 bits per heavy atom. The first-order valence-corrected chi connectivity index (χ1v) is 7.64. The second-order valence-electron chi connectivity index (χ2n) is 4.89. The van der Waals surface area contributed by atoms with E-state index in [1.54, 1.807) is 18.5 Å². The lowest BCUT2D eigenvalue weighted by molar-refractivity contribution is -0.125. The van der Waals surface area contributed by atoms with Crippen LogP contribution in [0.15, 0.2) is 34.7 Å². The van der Waals surface area contributed by atoms with Gasteiger partial charge in [0.15, 0.2) is 5.17 Å². The number of amidine groups is 1. The molecule has 2 heterocycles. The van der Waals surface area contributed by atoms with Crippen LogP contribution in [0, 0.1) is 0 Å². The minimum absolute atomic E-state index is 0.102. The average molecular weight is 319 g/mol. The Labute approximate surface area is 132 Å². The molecule has 1 unspecified atom stereocenters. The van der Waals surface area contributed by atoms with E-state index in [0.717, 1.165) is 11.3 Å². The van der Waals surface area contributed by atoms with E-state index in [0.29, 0.717) is 11.7 Å². The summed E-state index contributed by atoms with van der Waals surface area (Å²) >= 11 is 1.22. The molecule has 1 aliphatic heterocycles. The summed E-state index contributed by atoms with van der Waals surface area (Å²) in [5, 5.41) is 13.2. The van der Waals surface area contributed by atoms with Gasteiger partial charge in [-0.25, -0.2) is 0 Å². The standard InChI is InChI=1S/C14H17N5O2S/c1-9(2)18-19-14-17-13(21)11(22-14)6-12(20)16-8-10-4-3-5-15-7-10/h3-5,7,11H,6,8H2,1-2H3,(H,16,20)(H,17,19,21). The molecule has 1 aliphatic rings. The second kappa shape index (κ2) is 7.69. The lowest BCUT2D eigenvalue weighted by Crippen LogP contribution is -2.31. The average Bonchev–Trinajstić information content (AvgIpc) is 2.84. The summed E-state index contributed by atoms with van der Waals surface area (Å²) in [5.41, 5.74) is 1.70. The summed E-state index contributed by atoms with van der Waals surface area (Å²) in [4.78, 5) is 27.7. The predicted octanol–water partition coefficient (Wildman–Crippen LogP) is 1.07. The minimum atomic E-state index is -0.472. The highest BCUT2D eigenvalue weighted by Crippen LogP contribution is 2.22. The molecular formula is C14H17N5O2S. The SMILES string of the molecule is CC(C)=N/N=C1\NC(=O)C(CC(=O)NCc2cccnc2)S1. The van der Waals surface area contributed by atoms with Gasteiger partial charge in [0.1, 0.15) is 5.25 Å². The zero-order valence-corrected chi connectivity index (χ0v) is 13.2. The van der Waals surface area contributed by atoms with Crippen molar-refractivity contribution in [1.29, 1.82) is 0 Å². The van der Waals surface area contributed by atoms with Crippen molar-refractivity contribution in [1.82, 2.24) is 15.6 Å². The summed E-state index contributed by atoms with van der Waals surface area (Å²) < 4.78 is 0. The molecule has 7 nitrogen and oxygen atoms in total. The monoisotopic (exact) mass is 319 g/mol. The molecule has 22 heavy (non-hydrogen) atoms. The molecule has 1 aromatic rings. The number of hydrogen-bond donors (Lipinski definition) is 2. The molecule has 0 radical (unpaired) electrons. The summed E-state index contributed by atoms with van der Waals surface area (Å²) in [7, 11) is 0. The topological polar surface area (TPSA) is 95.8 Å². The fourth-order valence-electron chi connectivity index (χ4n) is 1.68. The normalized spacial score (nSPS) is 18.9. The van der Waals surface area contributed by atoms with Crippen molar-refractivity contribution in [3.05, 3.63) is 30.1 Å². The molecule has 0 aliphatic carbocycles. The lowest BCUT2D eigenvalue weighted by Gasteiger charge is -2.07. The summed E-state index contributed by atoms with van der Waals surface area (Å²) in [6.07, 6.45) is 3.46. The number of nitrogens with one attached hydrogen (secondary N) is 2. The van der Waals surface area contributed by atoms with E-state index in [2.05, 4.69) is 25.8 Å². The molecule has 1 aromatic heterocycles. The highest BCUT2D eigenvalue weighted by Gasteiger charge is 2.32. The molecule has 8 heteroatoms. The van der Waals surface area contributed by atoms with Gasteiger partial charge in [0, 0.05) is 31.1 Å². The van der Waals surface area contributed by atoms with Gasteiger partial charge in [0.2, 0.25) is 11.8 Å². The van der Waals surface area contributed by atoms with Gasteiger partial charge in [0.05, 0.1) is 0 Å². The molecule has 2 amide bonds. The van der Waals surface area contributed by atoms with Crippen molar-refractivity contribution < 1.29 is 9.59 Å². The van der Waals surface area contributed by atoms with E-state index >= 15 is 0 Å². The van der Waals surface area contributed by atoms with Gasteiger partial charge in [-0.05, 0) is 25.5 Å². The van der Waals surface area contributed by atoms with E-state index in [-0.39, 0.29) is 18.2 Å². The molecule has 0 bridgehead atoms. The highest BCUT2D eigenvalue weighted by atomic mass is 32.2. The molecule has 1 saturated heterocycles. The van der Waals surface area contributed by atoms with Gasteiger partial charge in [-0.3, -0.25) is 14.6 Å². The molecule has 0 spiro atoms. The van der Waals surface area contributed by atoms with E-state index in [1.807, 2.05) is 19.9 Å². The third kappa shape index (κ3) is 4.96. The summed E-state index contributed by atoms with van der Waals surface area (Å²) in [6.45, 7) is 4.02. The van der Waals surface area contributed by atoms with Gasteiger partial charge in [0.25, 0.3) is 0 Å². The van der Waals surface area contributed by atoms with Crippen LogP contribution in [0.1, 0.15) is 25.8 Å². The van der Waals surface area contributed by atoms with Crippen LogP contribution < -0.4 is 10.6 Å². The molecule has 1 fully saturated rings. The Kier molecular flexibility index (Phi) is 5.65. The summed E-state index contributed by atoms with van der Waals surface area (Å²) in [6, 6.07) is 3.68. The van der Waals surface area contributed by atoms with Crippen LogP contribution in [0.3, 0.4) is 0 Å². The smallest absolute Gasteiger partial charge is 0.240 e. The Morgan fingerprint density at radius 1 is 1.50 bits per heavy atom. The molecule has 2 N–H and O–H groups in total. The Bertz CT molecular complexity index is 611. The maximum atomic E-state index is 11.9. The number of amides is 2. The van der Waals surface area contributed by atoms with Crippen molar-refractivity contribution in [3.63, 3.8) is 0 Å². The Morgan fingerprint density at radius 2 is 2.32 bits per heavy atom. The largest absolute Gasteiger partial charge is 0.352 e. The fourth-order valence-corrected chi connectivity index (χ4v) is 2.59. The van der Waals surface area contributed by atoms with Crippen LogP contribution in [-0.2, 0) is 16.1 Å². The van der Waals surface area contributed by atoms with E-state index in [1.165, 1.54) is 11.8 Å². The number of nitrogens with zero attached hydrogens (tertiary/aromatic N) is 3. The van der Waals surface area contributed by atoms with Gasteiger partial charge in [-0.15, -0.1) is 5.10 Å². The van der Waals surface area contributed by atoms with Crippen LogP contribution in [0.4, 0.5) is 0 Å². The first-order chi connectivity index (χ1) is 10.5. The van der Waals surface area contributed by atoms with Crippen molar-refractivity contribution in [2.45, 2.75) is 32.1 Å². The maximum Gasteiger partial charge on any atom is 0.240 e. The van der Waals surface area contributed by atoms with Crippen molar-refractivity contribution in [3.8, 4) is 0 Å². The van der Waals surface area contributed by atoms with Gasteiger partial charge >= 0.3 is 0 Å². The van der Waals surface area contributed by atoms with Crippen LogP contribution in [0.25, 0.3) is 0 Å². The third-order valence-corrected chi connectivity index (χ3v) is 3.77. The predicted molar refractivity (Wildman–Crippen MR) is 86.4 cm³/mol. The van der Waals surface area contributed by atoms with E-state index in [9.17, 15) is 9.59 Å². The zero-order valence-electron chi connectivity index (χ0n) is 12.4. The first kappa shape index (κ1) is 16.2. The molecule has 1 atom stereocenters. The molecule has 2 rings (SSSR count). The number of pyridine rings is 1. The number of thioether (sulfide) groups is 1. The van der Waals surface area contributed by atoms with Crippen molar-refractivity contribution >= 4 is 34.5 Å². The number of hydrogen-bond acceptors (Lipinski definition) is 6.